The van der Waals surface area contributed by atoms with Gasteiger partial charge in [0, 0.05) is 11.6 Å². The molecule has 0 heterocycles. The molecule has 2 rings (SSSR count). The lowest BCUT2D eigenvalue weighted by atomic mass is 9.87. The predicted octanol–water partition coefficient (Wildman–Crippen LogP) is 2.52. The van der Waals surface area contributed by atoms with Crippen molar-refractivity contribution >= 4 is 11.6 Å². The molecule has 3 N–H and O–H groups in total. The van der Waals surface area contributed by atoms with Crippen LogP contribution >= 0.6 is 11.6 Å². The monoisotopic (exact) mass is 215 g/mol. The molecule has 4 heteroatoms. The minimum atomic E-state index is -0.737. The first-order chi connectivity index (χ1) is 6.61. The van der Waals surface area contributed by atoms with Gasteiger partial charge in [-0.2, -0.15) is 0 Å². The summed E-state index contributed by atoms with van der Waals surface area (Å²) in [6.45, 7) is 0. The molecule has 0 radical (unpaired) electrons. The molecule has 1 aromatic carbocycles. The molecular weight excluding hydrogens is 205 g/mol. The van der Waals surface area contributed by atoms with E-state index in [0.29, 0.717) is 12.0 Å². The van der Waals surface area contributed by atoms with E-state index in [9.17, 15) is 9.50 Å². The van der Waals surface area contributed by atoms with E-state index in [1.807, 2.05) is 0 Å². The fourth-order valence-electron chi connectivity index (χ4n) is 1.92. The van der Waals surface area contributed by atoms with Crippen LogP contribution in [-0.2, 0) is 6.42 Å². The zero-order chi connectivity index (χ0) is 10.3. The minimum absolute atomic E-state index is 0.0569. The van der Waals surface area contributed by atoms with Crippen molar-refractivity contribution in [2.45, 2.75) is 25.3 Å². The van der Waals surface area contributed by atoms with Crippen molar-refractivity contribution in [3.05, 3.63) is 28.0 Å². The number of phenols is 1. The standard InChI is InChI=1S/C10H11ClFNO/c11-7-4-6-5(10(14)9(7)12)2-1-3-8(6)13/h4,8,14H,1-3,13H2/t8-/m1/s1. The molecule has 14 heavy (non-hydrogen) atoms. The maximum atomic E-state index is 13.2. The molecular formula is C10H11ClFNO. The molecule has 0 amide bonds. The first kappa shape index (κ1) is 9.74. The zero-order valence-electron chi connectivity index (χ0n) is 7.56. The van der Waals surface area contributed by atoms with Gasteiger partial charge in [0.15, 0.2) is 11.6 Å². The van der Waals surface area contributed by atoms with Gasteiger partial charge in [0.2, 0.25) is 0 Å². The van der Waals surface area contributed by atoms with Crippen molar-refractivity contribution in [2.75, 3.05) is 0 Å². The summed E-state index contributed by atoms with van der Waals surface area (Å²) in [6, 6.07) is 1.39. The Morgan fingerprint density at radius 2 is 2.29 bits per heavy atom. The summed E-state index contributed by atoms with van der Waals surface area (Å²) < 4.78 is 13.2. The van der Waals surface area contributed by atoms with Gasteiger partial charge in [-0.05, 0) is 30.9 Å². The summed E-state index contributed by atoms with van der Waals surface area (Å²) in [6.07, 6.45) is 2.40. The van der Waals surface area contributed by atoms with Gasteiger partial charge in [-0.1, -0.05) is 11.6 Å². The molecule has 1 aliphatic carbocycles. The topological polar surface area (TPSA) is 46.2 Å². The summed E-state index contributed by atoms with van der Waals surface area (Å²) in [5.74, 6) is -1.07. The van der Waals surface area contributed by atoms with Crippen molar-refractivity contribution in [2.24, 2.45) is 5.73 Å². The van der Waals surface area contributed by atoms with Gasteiger partial charge in [-0.3, -0.25) is 0 Å². The highest BCUT2D eigenvalue weighted by Crippen LogP contribution is 2.38. The van der Waals surface area contributed by atoms with Crippen LogP contribution < -0.4 is 5.73 Å². The smallest absolute Gasteiger partial charge is 0.183 e. The van der Waals surface area contributed by atoms with Crippen LogP contribution in [0.3, 0.4) is 0 Å². The third kappa shape index (κ3) is 1.37. The fourth-order valence-corrected chi connectivity index (χ4v) is 2.12. The second-order valence-electron chi connectivity index (χ2n) is 3.59. The molecule has 1 aromatic rings. The first-order valence-corrected chi connectivity index (χ1v) is 4.94. The second kappa shape index (κ2) is 3.41. The number of rotatable bonds is 0. The van der Waals surface area contributed by atoms with E-state index in [1.165, 1.54) is 6.07 Å². The maximum absolute atomic E-state index is 13.2. The molecule has 2 nitrogen and oxygen atoms in total. The van der Waals surface area contributed by atoms with Gasteiger partial charge >= 0.3 is 0 Å². The van der Waals surface area contributed by atoms with E-state index >= 15 is 0 Å². The number of aromatic hydroxyl groups is 1. The van der Waals surface area contributed by atoms with E-state index in [1.54, 1.807) is 0 Å². The normalized spacial score (nSPS) is 20.6. The summed E-state index contributed by atoms with van der Waals surface area (Å²) in [7, 11) is 0. The number of hydrogen-bond donors (Lipinski definition) is 2. The number of nitrogens with two attached hydrogens (primary N) is 1. The highest BCUT2D eigenvalue weighted by molar-refractivity contribution is 6.31. The van der Waals surface area contributed by atoms with Crippen molar-refractivity contribution in [3.63, 3.8) is 0 Å². The summed E-state index contributed by atoms with van der Waals surface area (Å²) in [5, 5.41) is 9.47. The van der Waals surface area contributed by atoms with E-state index in [-0.39, 0.29) is 16.8 Å². The molecule has 0 saturated carbocycles. The van der Waals surface area contributed by atoms with Crippen LogP contribution in [-0.4, -0.2) is 5.11 Å². The zero-order valence-corrected chi connectivity index (χ0v) is 8.31. The van der Waals surface area contributed by atoms with Gasteiger partial charge in [0.05, 0.1) is 5.02 Å². The largest absolute Gasteiger partial charge is 0.505 e. The van der Waals surface area contributed by atoms with Gasteiger partial charge < -0.3 is 10.8 Å². The van der Waals surface area contributed by atoms with Gasteiger partial charge in [0.1, 0.15) is 0 Å². The average molecular weight is 216 g/mol. The van der Waals surface area contributed by atoms with Crippen LogP contribution in [0.5, 0.6) is 5.75 Å². The van der Waals surface area contributed by atoms with Crippen LogP contribution in [0.15, 0.2) is 6.07 Å². The Bertz CT molecular complexity index is 381. The second-order valence-corrected chi connectivity index (χ2v) is 3.99. The maximum Gasteiger partial charge on any atom is 0.183 e. The van der Waals surface area contributed by atoms with Crippen molar-refractivity contribution < 1.29 is 9.50 Å². The lowest BCUT2D eigenvalue weighted by Gasteiger charge is -2.23. The molecule has 1 aliphatic rings. The molecule has 1 atom stereocenters. The fraction of sp³-hybridized carbons (Fsp3) is 0.400. The number of phenolic OH excluding ortho intramolecular Hbond substituents is 1. The predicted molar refractivity (Wildman–Crippen MR) is 52.9 cm³/mol. The molecule has 0 saturated heterocycles. The summed E-state index contributed by atoms with van der Waals surface area (Å²) >= 11 is 5.63. The number of halogens is 2. The van der Waals surface area contributed by atoms with Crippen LogP contribution in [0.25, 0.3) is 0 Å². The lowest BCUT2D eigenvalue weighted by Crippen LogP contribution is -2.17. The molecule has 0 aliphatic heterocycles. The average Bonchev–Trinajstić information content (AvgIpc) is 2.17. The third-order valence-electron chi connectivity index (χ3n) is 2.68. The summed E-state index contributed by atoms with van der Waals surface area (Å²) in [5.41, 5.74) is 7.24. The van der Waals surface area contributed by atoms with Crippen LogP contribution in [0.2, 0.25) is 5.02 Å². The van der Waals surface area contributed by atoms with Gasteiger partial charge in [-0.25, -0.2) is 4.39 Å². The van der Waals surface area contributed by atoms with Crippen LogP contribution in [0, 0.1) is 5.82 Å². The Balaban J connectivity index is 2.63. The first-order valence-electron chi connectivity index (χ1n) is 4.56. The van der Waals surface area contributed by atoms with Gasteiger partial charge in [0.25, 0.3) is 0 Å². The molecule has 0 aromatic heterocycles. The minimum Gasteiger partial charge on any atom is -0.505 e. The van der Waals surface area contributed by atoms with E-state index in [4.69, 9.17) is 17.3 Å². The molecule has 0 spiro atoms. The number of benzene rings is 1. The van der Waals surface area contributed by atoms with E-state index in [2.05, 4.69) is 0 Å². The third-order valence-corrected chi connectivity index (χ3v) is 2.95. The highest BCUT2D eigenvalue weighted by Gasteiger charge is 2.23. The Hall–Kier alpha value is -0.800. The van der Waals surface area contributed by atoms with Crippen molar-refractivity contribution in [1.82, 2.24) is 0 Å². The number of fused-ring (bicyclic) bond motifs is 1. The summed E-state index contributed by atoms with van der Waals surface area (Å²) in [4.78, 5) is 0. The quantitative estimate of drug-likeness (QED) is 0.699. The number of hydrogen-bond acceptors (Lipinski definition) is 2. The van der Waals surface area contributed by atoms with Crippen molar-refractivity contribution in [3.8, 4) is 5.75 Å². The SMILES string of the molecule is N[C@@H]1CCCc2c1cc(Cl)c(F)c2O. The van der Waals surface area contributed by atoms with E-state index in [0.717, 1.165) is 18.4 Å². The molecule has 0 fully saturated rings. The molecule has 0 bridgehead atoms. The van der Waals surface area contributed by atoms with Gasteiger partial charge in [-0.15, -0.1) is 0 Å². The lowest BCUT2D eigenvalue weighted by molar-refractivity contribution is 0.416. The Morgan fingerprint density at radius 3 is 3.00 bits per heavy atom. The van der Waals surface area contributed by atoms with Crippen molar-refractivity contribution in [1.29, 1.82) is 0 Å². The van der Waals surface area contributed by atoms with E-state index < -0.39 is 5.82 Å². The Labute approximate surface area is 86.5 Å². The van der Waals surface area contributed by atoms with Crippen LogP contribution in [0.4, 0.5) is 4.39 Å². The highest BCUT2D eigenvalue weighted by atomic mass is 35.5. The van der Waals surface area contributed by atoms with Crippen LogP contribution in [0.1, 0.15) is 30.0 Å². The molecule has 76 valence electrons. The molecule has 0 unspecified atom stereocenters. The Kier molecular flexibility index (Phi) is 2.37. The Morgan fingerprint density at radius 1 is 1.57 bits per heavy atom.